The molecule has 184 valence electrons. The molecular formula is C27H31ClN4O3. The smallest absolute Gasteiger partial charge is 0.261 e. The molecule has 2 heterocycles. The van der Waals surface area contributed by atoms with Gasteiger partial charge in [-0.05, 0) is 47.9 Å². The molecule has 2 N–H and O–H groups in total. The summed E-state index contributed by atoms with van der Waals surface area (Å²) in [5, 5.41) is 0.525. The quantitative estimate of drug-likeness (QED) is 0.474. The molecule has 3 aromatic rings. The maximum atomic E-state index is 13.3. The molecule has 0 saturated carbocycles. The van der Waals surface area contributed by atoms with Crippen molar-refractivity contribution in [3.8, 4) is 22.6 Å². The molecule has 1 unspecified atom stereocenters. The van der Waals surface area contributed by atoms with E-state index in [2.05, 4.69) is 9.98 Å². The molecule has 0 bridgehead atoms. The van der Waals surface area contributed by atoms with Crippen molar-refractivity contribution in [2.75, 3.05) is 14.2 Å². The lowest BCUT2D eigenvalue weighted by atomic mass is 9.85. The number of hydrogen-bond acceptors (Lipinski definition) is 6. The molecule has 0 fully saturated rings. The molecule has 0 radical (unpaired) electrons. The fourth-order valence-electron chi connectivity index (χ4n) is 3.95. The van der Waals surface area contributed by atoms with Crippen LogP contribution in [0.15, 0.2) is 65.9 Å². The lowest BCUT2D eigenvalue weighted by Crippen LogP contribution is -2.40. The van der Waals surface area contributed by atoms with Gasteiger partial charge in [-0.3, -0.25) is 14.7 Å². The molecule has 8 heteroatoms. The van der Waals surface area contributed by atoms with E-state index in [-0.39, 0.29) is 11.9 Å². The lowest BCUT2D eigenvalue weighted by molar-refractivity contribution is -0.130. The summed E-state index contributed by atoms with van der Waals surface area (Å²) in [6.07, 6.45) is 3.72. The van der Waals surface area contributed by atoms with Gasteiger partial charge in [0.15, 0.2) is 11.5 Å². The third kappa shape index (κ3) is 5.25. The maximum absolute atomic E-state index is 13.3. The van der Waals surface area contributed by atoms with Crippen LogP contribution in [0.25, 0.3) is 11.1 Å². The van der Waals surface area contributed by atoms with Gasteiger partial charge in [-0.15, -0.1) is 0 Å². The molecule has 2 aromatic carbocycles. The standard InChI is InChI=1S/C25H25ClN4O3.C2H6/c1-4-25(23(31)30(2)24(27)29-25)21-12-17(18-11-19(26)14-28-13-18)8-9-22(21)33-15-16-6-5-7-20(10-16)32-3;1-2/h5-14H,4,15H2,1-3H3,(H2,27,29);1-2H3. The Balaban J connectivity index is 0.00000167. The summed E-state index contributed by atoms with van der Waals surface area (Å²) in [4.78, 5) is 23.5. The number of likely N-dealkylation sites (N-methyl/N-ethyl adjacent to an activating group) is 1. The number of halogens is 1. The van der Waals surface area contributed by atoms with Crippen molar-refractivity contribution < 1.29 is 14.3 Å². The molecule has 0 saturated heterocycles. The van der Waals surface area contributed by atoms with Crippen LogP contribution >= 0.6 is 11.6 Å². The fourth-order valence-corrected chi connectivity index (χ4v) is 4.12. The number of carbonyl (C=O) groups is 1. The average molecular weight is 495 g/mol. The summed E-state index contributed by atoms with van der Waals surface area (Å²) in [5.41, 5.74) is 8.12. The SMILES string of the molecule is CC.CCC1(c2cc(-c3cncc(Cl)c3)ccc2OCc2cccc(OC)c2)N=C(N)N(C)C1=O. The van der Waals surface area contributed by atoms with Crippen LogP contribution in [0.1, 0.15) is 38.3 Å². The van der Waals surface area contributed by atoms with E-state index in [1.165, 1.54) is 4.90 Å². The number of carbonyl (C=O) groups excluding carboxylic acids is 1. The number of aromatic nitrogens is 1. The number of rotatable bonds is 7. The number of ether oxygens (including phenoxy) is 2. The van der Waals surface area contributed by atoms with Gasteiger partial charge in [-0.25, -0.2) is 4.99 Å². The second-order valence-corrected chi connectivity index (χ2v) is 8.23. The highest BCUT2D eigenvalue weighted by Gasteiger charge is 2.48. The van der Waals surface area contributed by atoms with E-state index < -0.39 is 5.54 Å². The second-order valence-electron chi connectivity index (χ2n) is 7.79. The predicted octanol–water partition coefficient (Wildman–Crippen LogP) is 5.41. The van der Waals surface area contributed by atoms with Crippen molar-refractivity contribution >= 4 is 23.5 Å². The van der Waals surface area contributed by atoms with Crippen LogP contribution in [0.2, 0.25) is 5.02 Å². The zero-order valence-corrected chi connectivity index (χ0v) is 21.5. The van der Waals surface area contributed by atoms with Gasteiger partial charge >= 0.3 is 0 Å². The van der Waals surface area contributed by atoms with Crippen LogP contribution < -0.4 is 15.2 Å². The fraction of sp³-hybridized carbons (Fsp3) is 0.296. The van der Waals surface area contributed by atoms with E-state index >= 15 is 0 Å². The van der Waals surface area contributed by atoms with Crippen molar-refractivity contribution in [3.05, 3.63) is 77.1 Å². The molecule has 1 aromatic heterocycles. The zero-order valence-electron chi connectivity index (χ0n) is 20.7. The number of amides is 1. The molecule has 1 amide bonds. The number of hydrogen-bond donors (Lipinski definition) is 1. The molecule has 1 atom stereocenters. The summed E-state index contributed by atoms with van der Waals surface area (Å²) in [5.74, 6) is 1.28. The summed E-state index contributed by atoms with van der Waals surface area (Å²) < 4.78 is 11.5. The van der Waals surface area contributed by atoms with E-state index in [1.54, 1.807) is 26.6 Å². The van der Waals surface area contributed by atoms with Crippen molar-refractivity contribution in [3.63, 3.8) is 0 Å². The van der Waals surface area contributed by atoms with Crippen LogP contribution in [-0.2, 0) is 16.9 Å². The van der Waals surface area contributed by atoms with Gasteiger partial charge in [0, 0.05) is 30.6 Å². The first kappa shape index (κ1) is 26.0. The van der Waals surface area contributed by atoms with Gasteiger partial charge in [0.2, 0.25) is 0 Å². The summed E-state index contributed by atoms with van der Waals surface area (Å²) >= 11 is 6.15. The summed E-state index contributed by atoms with van der Waals surface area (Å²) in [6.45, 7) is 6.21. The van der Waals surface area contributed by atoms with Gasteiger partial charge < -0.3 is 15.2 Å². The number of pyridine rings is 1. The molecule has 1 aliphatic heterocycles. The first-order chi connectivity index (χ1) is 16.9. The minimum Gasteiger partial charge on any atom is -0.497 e. The van der Waals surface area contributed by atoms with Gasteiger partial charge in [0.05, 0.1) is 12.1 Å². The molecular weight excluding hydrogens is 464 g/mol. The molecule has 0 aliphatic carbocycles. The van der Waals surface area contributed by atoms with Gasteiger partial charge in [-0.1, -0.05) is 50.6 Å². The molecule has 35 heavy (non-hydrogen) atoms. The van der Waals surface area contributed by atoms with E-state index in [1.807, 2.05) is 69.3 Å². The van der Waals surface area contributed by atoms with Gasteiger partial charge in [-0.2, -0.15) is 0 Å². The second kappa shape index (κ2) is 11.2. The Kier molecular flexibility index (Phi) is 8.35. The van der Waals surface area contributed by atoms with E-state index in [9.17, 15) is 4.79 Å². The lowest BCUT2D eigenvalue weighted by Gasteiger charge is -2.27. The van der Waals surface area contributed by atoms with Crippen LogP contribution in [-0.4, -0.2) is 35.9 Å². The largest absolute Gasteiger partial charge is 0.497 e. The van der Waals surface area contributed by atoms with E-state index in [4.69, 9.17) is 26.8 Å². The minimum atomic E-state index is -1.18. The molecule has 7 nitrogen and oxygen atoms in total. The normalized spacial score (nSPS) is 16.9. The first-order valence-corrected chi connectivity index (χ1v) is 11.9. The van der Waals surface area contributed by atoms with Gasteiger partial charge in [0.1, 0.15) is 18.1 Å². The van der Waals surface area contributed by atoms with Crippen LogP contribution in [0.5, 0.6) is 11.5 Å². The Morgan fingerprint density at radius 2 is 1.86 bits per heavy atom. The highest BCUT2D eigenvalue weighted by atomic mass is 35.5. The summed E-state index contributed by atoms with van der Waals surface area (Å²) in [6, 6.07) is 15.1. The third-order valence-electron chi connectivity index (χ3n) is 5.81. The Morgan fingerprint density at radius 3 is 2.49 bits per heavy atom. The van der Waals surface area contributed by atoms with Crippen LogP contribution in [0, 0.1) is 0 Å². The Labute approximate surface area is 211 Å². The number of nitrogens with two attached hydrogens (primary N) is 1. The predicted molar refractivity (Wildman–Crippen MR) is 140 cm³/mol. The maximum Gasteiger partial charge on any atom is 0.261 e. The summed E-state index contributed by atoms with van der Waals surface area (Å²) in [7, 11) is 3.25. The van der Waals surface area contributed by atoms with Crippen molar-refractivity contribution in [2.24, 2.45) is 10.7 Å². The van der Waals surface area contributed by atoms with Crippen molar-refractivity contribution in [2.45, 2.75) is 39.3 Å². The first-order valence-electron chi connectivity index (χ1n) is 11.5. The topological polar surface area (TPSA) is 90.0 Å². The zero-order chi connectivity index (χ0) is 25.6. The van der Waals surface area contributed by atoms with Crippen molar-refractivity contribution in [1.82, 2.24) is 9.88 Å². The number of aliphatic imine (C=N–C) groups is 1. The third-order valence-corrected chi connectivity index (χ3v) is 6.02. The van der Waals surface area contributed by atoms with Crippen LogP contribution in [0.3, 0.4) is 0 Å². The number of benzene rings is 2. The van der Waals surface area contributed by atoms with E-state index in [0.717, 1.165) is 22.4 Å². The van der Waals surface area contributed by atoms with Gasteiger partial charge in [0.25, 0.3) is 5.91 Å². The van der Waals surface area contributed by atoms with Crippen LogP contribution in [0.4, 0.5) is 0 Å². The minimum absolute atomic E-state index is 0.176. The Bertz CT molecular complexity index is 1230. The number of guanidine groups is 1. The Morgan fingerprint density at radius 1 is 1.09 bits per heavy atom. The molecule has 0 spiro atoms. The monoisotopic (exact) mass is 494 g/mol. The molecule has 4 rings (SSSR count). The van der Waals surface area contributed by atoms with Crippen molar-refractivity contribution in [1.29, 1.82) is 0 Å². The number of methoxy groups -OCH3 is 1. The number of nitrogens with zero attached hydrogens (tertiary/aromatic N) is 3. The van der Waals surface area contributed by atoms with E-state index in [0.29, 0.717) is 29.4 Å². The molecule has 1 aliphatic rings. The Hall–Kier alpha value is -3.58. The highest BCUT2D eigenvalue weighted by molar-refractivity contribution is 6.30. The average Bonchev–Trinajstić information content (AvgIpc) is 3.12. The highest BCUT2D eigenvalue weighted by Crippen LogP contribution is 2.42.